The second-order valence-corrected chi connectivity index (χ2v) is 5.40. The van der Waals surface area contributed by atoms with Crippen molar-refractivity contribution in [2.24, 2.45) is 0 Å². The number of nitriles is 2. The molecule has 0 aromatic heterocycles. The zero-order valence-electron chi connectivity index (χ0n) is 13.8. The summed E-state index contributed by atoms with van der Waals surface area (Å²) in [6.07, 6.45) is 0. The monoisotopic (exact) mass is 328 g/mol. The van der Waals surface area contributed by atoms with Gasteiger partial charge in [-0.25, -0.2) is 0 Å². The summed E-state index contributed by atoms with van der Waals surface area (Å²) in [6.45, 7) is 0. The zero-order valence-corrected chi connectivity index (χ0v) is 13.8. The summed E-state index contributed by atoms with van der Waals surface area (Å²) >= 11 is 0. The Kier molecular flexibility index (Phi) is 5.13. The topological polar surface area (TPSA) is 47.6 Å². The average molecular weight is 328 g/mol. The third-order valence-electron chi connectivity index (χ3n) is 3.63. The summed E-state index contributed by atoms with van der Waals surface area (Å²) < 4.78 is 0. The number of nitrogens with zero attached hydrogens (tertiary/aromatic N) is 2. The molecule has 0 aliphatic rings. The highest BCUT2D eigenvalue weighted by Gasteiger charge is 2.07. The Hall–Kier alpha value is -4.24. The van der Waals surface area contributed by atoms with Gasteiger partial charge >= 0.3 is 0 Å². The van der Waals surface area contributed by atoms with Crippen LogP contribution in [0, 0.1) is 46.3 Å². The maximum absolute atomic E-state index is 9.44. The number of benzene rings is 3. The van der Waals surface area contributed by atoms with Gasteiger partial charge in [0.25, 0.3) is 0 Å². The normalized spacial score (nSPS) is 8.85. The molecule has 0 unspecified atom stereocenters. The van der Waals surface area contributed by atoms with Gasteiger partial charge in [-0.05, 0) is 36.4 Å². The van der Waals surface area contributed by atoms with E-state index in [1.165, 1.54) is 0 Å². The third kappa shape index (κ3) is 3.99. The first-order valence-electron chi connectivity index (χ1n) is 7.92. The fourth-order valence-electron chi connectivity index (χ4n) is 2.31. The molecule has 0 aliphatic heterocycles. The van der Waals surface area contributed by atoms with Crippen LogP contribution in [-0.2, 0) is 0 Å². The standard InChI is InChI=1S/C24H12N2/c25-17-23-16-22(14-12-20-9-5-2-6-10-20)24(18-26)15-21(23)13-11-19-7-3-1-4-8-19/h1-10,15-16H. The molecule has 0 saturated heterocycles. The van der Waals surface area contributed by atoms with Gasteiger partial charge in [0.15, 0.2) is 0 Å². The van der Waals surface area contributed by atoms with Crippen LogP contribution in [0.5, 0.6) is 0 Å². The molecule has 0 radical (unpaired) electrons. The highest BCUT2D eigenvalue weighted by Crippen LogP contribution is 2.15. The Balaban J connectivity index is 2.03. The smallest absolute Gasteiger partial charge is 0.100 e. The molecule has 26 heavy (non-hydrogen) atoms. The molecule has 3 aromatic rings. The van der Waals surface area contributed by atoms with Crippen LogP contribution in [0.1, 0.15) is 33.4 Å². The van der Waals surface area contributed by atoms with Crippen molar-refractivity contribution in [2.75, 3.05) is 0 Å². The van der Waals surface area contributed by atoms with Crippen molar-refractivity contribution >= 4 is 0 Å². The van der Waals surface area contributed by atoms with E-state index in [9.17, 15) is 10.5 Å². The maximum atomic E-state index is 9.44. The molecule has 3 aromatic carbocycles. The fourth-order valence-corrected chi connectivity index (χ4v) is 2.31. The lowest BCUT2D eigenvalue weighted by Crippen LogP contribution is -1.92. The van der Waals surface area contributed by atoms with E-state index < -0.39 is 0 Å². The summed E-state index contributed by atoms with van der Waals surface area (Å²) in [5.41, 5.74) is 3.57. The van der Waals surface area contributed by atoms with Crippen molar-refractivity contribution in [3.63, 3.8) is 0 Å². The van der Waals surface area contributed by atoms with E-state index >= 15 is 0 Å². The summed E-state index contributed by atoms with van der Waals surface area (Å²) in [5, 5.41) is 18.9. The van der Waals surface area contributed by atoms with E-state index in [0.29, 0.717) is 22.3 Å². The molecule has 0 amide bonds. The Morgan fingerprint density at radius 1 is 0.462 bits per heavy atom. The molecule has 2 heteroatoms. The van der Waals surface area contributed by atoms with Crippen molar-refractivity contribution in [3.05, 3.63) is 106 Å². The molecule has 2 nitrogen and oxygen atoms in total. The van der Waals surface area contributed by atoms with E-state index in [0.717, 1.165) is 11.1 Å². The van der Waals surface area contributed by atoms with Crippen LogP contribution in [-0.4, -0.2) is 0 Å². The van der Waals surface area contributed by atoms with E-state index in [1.54, 1.807) is 12.1 Å². The lowest BCUT2D eigenvalue weighted by Gasteiger charge is -2.00. The van der Waals surface area contributed by atoms with E-state index in [-0.39, 0.29) is 0 Å². The van der Waals surface area contributed by atoms with Crippen LogP contribution in [0.15, 0.2) is 72.8 Å². The Morgan fingerprint density at radius 3 is 1.19 bits per heavy atom. The molecule has 0 fully saturated rings. The number of hydrogen-bond donors (Lipinski definition) is 0. The predicted molar refractivity (Wildman–Crippen MR) is 101 cm³/mol. The van der Waals surface area contributed by atoms with E-state index in [2.05, 4.69) is 35.8 Å². The molecular formula is C24H12N2. The van der Waals surface area contributed by atoms with Gasteiger partial charge < -0.3 is 0 Å². The largest absolute Gasteiger partial charge is 0.192 e. The SMILES string of the molecule is N#Cc1cc(C#Cc2ccccc2)c(C#N)cc1C#Cc1ccccc1. The molecule has 3 rings (SSSR count). The molecule has 0 bridgehead atoms. The molecule has 0 N–H and O–H groups in total. The second-order valence-electron chi connectivity index (χ2n) is 5.40. The van der Waals surface area contributed by atoms with Crippen molar-refractivity contribution in [3.8, 4) is 35.8 Å². The van der Waals surface area contributed by atoms with E-state index in [1.807, 2.05) is 60.7 Å². The van der Waals surface area contributed by atoms with Crippen molar-refractivity contribution in [2.45, 2.75) is 0 Å². The Morgan fingerprint density at radius 2 is 0.846 bits per heavy atom. The van der Waals surface area contributed by atoms with Gasteiger partial charge in [-0.2, -0.15) is 10.5 Å². The van der Waals surface area contributed by atoms with Gasteiger partial charge in [0.1, 0.15) is 12.1 Å². The van der Waals surface area contributed by atoms with Gasteiger partial charge in [-0.15, -0.1) is 0 Å². The maximum Gasteiger partial charge on any atom is 0.100 e. The second kappa shape index (κ2) is 8.04. The van der Waals surface area contributed by atoms with Crippen molar-refractivity contribution < 1.29 is 0 Å². The first kappa shape index (κ1) is 16.6. The number of hydrogen-bond acceptors (Lipinski definition) is 2. The quantitative estimate of drug-likeness (QED) is 0.580. The van der Waals surface area contributed by atoms with Crippen molar-refractivity contribution in [1.82, 2.24) is 0 Å². The number of rotatable bonds is 0. The lowest BCUT2D eigenvalue weighted by atomic mass is 9.99. The molecule has 0 aliphatic carbocycles. The zero-order chi connectivity index (χ0) is 18.2. The summed E-state index contributed by atoms with van der Waals surface area (Å²) in [7, 11) is 0. The molecule has 0 spiro atoms. The Bertz CT molecular complexity index is 1040. The minimum absolute atomic E-state index is 0.407. The summed E-state index contributed by atoms with van der Waals surface area (Å²) in [4.78, 5) is 0. The fraction of sp³-hybridized carbons (Fsp3) is 0. The lowest BCUT2D eigenvalue weighted by molar-refractivity contribution is 1.42. The van der Waals surface area contributed by atoms with Crippen LogP contribution in [0.25, 0.3) is 0 Å². The first-order valence-corrected chi connectivity index (χ1v) is 7.92. The highest BCUT2D eigenvalue weighted by molar-refractivity contribution is 5.61. The van der Waals surface area contributed by atoms with Crippen LogP contribution in [0.2, 0.25) is 0 Å². The van der Waals surface area contributed by atoms with Crippen LogP contribution < -0.4 is 0 Å². The van der Waals surface area contributed by atoms with Crippen LogP contribution in [0.4, 0.5) is 0 Å². The minimum Gasteiger partial charge on any atom is -0.192 e. The van der Waals surface area contributed by atoms with Gasteiger partial charge in [0.05, 0.1) is 11.1 Å². The molecular weight excluding hydrogens is 316 g/mol. The first-order chi connectivity index (χ1) is 12.8. The minimum atomic E-state index is 0.407. The van der Waals surface area contributed by atoms with E-state index in [4.69, 9.17) is 0 Å². The Labute approximate surface area is 153 Å². The summed E-state index contributed by atoms with van der Waals surface area (Å²) in [6, 6.07) is 26.5. The van der Waals surface area contributed by atoms with Crippen LogP contribution >= 0.6 is 0 Å². The summed E-state index contributed by atoms with van der Waals surface area (Å²) in [5.74, 6) is 12.0. The van der Waals surface area contributed by atoms with Crippen molar-refractivity contribution in [1.29, 1.82) is 10.5 Å². The predicted octanol–water partition coefficient (Wildman–Crippen LogP) is 4.23. The average Bonchev–Trinajstić information content (AvgIpc) is 2.72. The van der Waals surface area contributed by atoms with Crippen LogP contribution in [0.3, 0.4) is 0 Å². The van der Waals surface area contributed by atoms with Gasteiger partial charge in [0.2, 0.25) is 0 Å². The molecule has 118 valence electrons. The molecule has 0 heterocycles. The van der Waals surface area contributed by atoms with Gasteiger partial charge in [-0.3, -0.25) is 0 Å². The van der Waals surface area contributed by atoms with Gasteiger partial charge in [0, 0.05) is 22.3 Å². The van der Waals surface area contributed by atoms with Gasteiger partial charge in [-0.1, -0.05) is 60.1 Å². The third-order valence-corrected chi connectivity index (χ3v) is 3.63. The molecule has 0 saturated carbocycles. The molecule has 0 atom stereocenters. The highest BCUT2D eigenvalue weighted by atomic mass is 14.3.